The molecule has 1 heterocycles. The van der Waals surface area contributed by atoms with Crippen LogP contribution in [0.4, 0.5) is 5.00 Å². The van der Waals surface area contributed by atoms with Gasteiger partial charge in [0.1, 0.15) is 0 Å². The molecule has 2 amide bonds. The van der Waals surface area contributed by atoms with Crippen LogP contribution in [0.2, 0.25) is 0 Å². The number of hydrogen-bond donors (Lipinski definition) is 2. The van der Waals surface area contributed by atoms with Gasteiger partial charge in [-0.1, -0.05) is 24.3 Å². The Kier molecular flexibility index (Phi) is 5.50. The monoisotopic (exact) mass is 358 g/mol. The molecule has 0 saturated heterocycles. The van der Waals surface area contributed by atoms with Crippen molar-refractivity contribution in [3.05, 3.63) is 51.9 Å². The first kappa shape index (κ1) is 17.6. The first-order chi connectivity index (χ1) is 12.1. The van der Waals surface area contributed by atoms with E-state index >= 15 is 0 Å². The van der Waals surface area contributed by atoms with Gasteiger partial charge in [0, 0.05) is 19.6 Å². The Labute approximate surface area is 151 Å². The highest BCUT2D eigenvalue weighted by atomic mass is 32.1. The molecule has 0 spiro atoms. The van der Waals surface area contributed by atoms with Crippen LogP contribution in [0, 0.1) is 12.8 Å². The maximum atomic E-state index is 12.5. The van der Waals surface area contributed by atoms with Gasteiger partial charge < -0.3 is 15.4 Å². The predicted octanol–water partition coefficient (Wildman–Crippen LogP) is 3.48. The molecule has 1 aromatic carbocycles. The number of anilines is 1. The molecule has 1 aliphatic rings. The second-order valence-corrected chi connectivity index (χ2v) is 7.37. The van der Waals surface area contributed by atoms with E-state index in [1.807, 2.05) is 37.3 Å². The van der Waals surface area contributed by atoms with Gasteiger partial charge in [0.15, 0.2) is 0 Å². The molecule has 2 aromatic rings. The van der Waals surface area contributed by atoms with E-state index in [-0.39, 0.29) is 17.7 Å². The maximum absolute atomic E-state index is 12.5. The van der Waals surface area contributed by atoms with Crippen LogP contribution >= 0.6 is 11.3 Å². The molecule has 0 unspecified atom stereocenters. The van der Waals surface area contributed by atoms with Crippen LogP contribution in [0.1, 0.15) is 39.2 Å². The van der Waals surface area contributed by atoms with Gasteiger partial charge in [-0.25, -0.2) is 0 Å². The van der Waals surface area contributed by atoms with Gasteiger partial charge in [-0.2, -0.15) is 0 Å². The molecule has 1 saturated carbocycles. The minimum Gasteiger partial charge on any atom is -0.380 e. The maximum Gasteiger partial charge on any atom is 0.261 e. The summed E-state index contributed by atoms with van der Waals surface area (Å²) in [6, 6.07) is 9.80. The van der Waals surface area contributed by atoms with Crippen molar-refractivity contribution < 1.29 is 14.3 Å². The predicted molar refractivity (Wildman–Crippen MR) is 98.7 cm³/mol. The van der Waals surface area contributed by atoms with Crippen molar-refractivity contribution in [2.75, 3.05) is 12.4 Å². The van der Waals surface area contributed by atoms with Crippen molar-refractivity contribution in [1.29, 1.82) is 0 Å². The van der Waals surface area contributed by atoms with Crippen LogP contribution in [0.15, 0.2) is 30.3 Å². The molecule has 0 radical (unpaired) electrons. The molecule has 132 valence electrons. The summed E-state index contributed by atoms with van der Waals surface area (Å²) in [5, 5.41) is 6.58. The number of amides is 2. The molecule has 6 heteroatoms. The lowest BCUT2D eigenvalue weighted by Crippen LogP contribution is -2.22. The van der Waals surface area contributed by atoms with Gasteiger partial charge in [0.05, 0.1) is 16.5 Å². The quantitative estimate of drug-likeness (QED) is 0.796. The number of nitrogens with one attached hydrogen (secondary N) is 2. The largest absolute Gasteiger partial charge is 0.380 e. The van der Waals surface area contributed by atoms with Crippen molar-refractivity contribution in [2.24, 2.45) is 5.92 Å². The second kappa shape index (κ2) is 7.80. The Morgan fingerprint density at radius 2 is 2.00 bits per heavy atom. The minimum atomic E-state index is -0.119. The summed E-state index contributed by atoms with van der Waals surface area (Å²) in [6.45, 7) is 2.89. The van der Waals surface area contributed by atoms with Crippen molar-refractivity contribution >= 4 is 28.2 Å². The van der Waals surface area contributed by atoms with E-state index in [2.05, 4.69) is 10.6 Å². The Bertz CT molecular complexity index is 781. The van der Waals surface area contributed by atoms with E-state index in [0.29, 0.717) is 18.0 Å². The third kappa shape index (κ3) is 4.67. The second-order valence-electron chi connectivity index (χ2n) is 6.32. The first-order valence-corrected chi connectivity index (χ1v) is 9.14. The van der Waals surface area contributed by atoms with E-state index < -0.39 is 0 Å². The fraction of sp³-hybridized carbons (Fsp3) is 0.368. The third-order valence-corrected chi connectivity index (χ3v) is 5.23. The molecule has 0 aliphatic heterocycles. The number of benzene rings is 1. The number of hydrogen-bond acceptors (Lipinski definition) is 4. The third-order valence-electron chi connectivity index (χ3n) is 4.07. The molecule has 1 aliphatic carbocycles. The van der Waals surface area contributed by atoms with Crippen LogP contribution < -0.4 is 10.6 Å². The number of carbonyl (C=O) groups excluding carboxylic acids is 2. The highest BCUT2D eigenvalue weighted by Gasteiger charge is 2.30. The fourth-order valence-corrected chi connectivity index (χ4v) is 3.59. The molecule has 1 fully saturated rings. The number of carbonyl (C=O) groups is 2. The molecule has 2 N–H and O–H groups in total. The molecule has 5 nitrogen and oxygen atoms in total. The summed E-state index contributed by atoms with van der Waals surface area (Å²) in [5.41, 5.74) is 2.98. The van der Waals surface area contributed by atoms with Crippen LogP contribution in [0.5, 0.6) is 0 Å². The molecular weight excluding hydrogens is 336 g/mol. The molecule has 1 aromatic heterocycles. The van der Waals surface area contributed by atoms with Gasteiger partial charge >= 0.3 is 0 Å². The zero-order valence-electron chi connectivity index (χ0n) is 14.4. The summed E-state index contributed by atoms with van der Waals surface area (Å²) in [4.78, 5) is 24.9. The van der Waals surface area contributed by atoms with Crippen LogP contribution in [0.3, 0.4) is 0 Å². The lowest BCUT2D eigenvalue weighted by Gasteiger charge is -2.07. The molecular formula is C19H22N2O3S. The number of rotatable bonds is 7. The summed E-state index contributed by atoms with van der Waals surface area (Å²) in [6.07, 6.45) is 1.93. The van der Waals surface area contributed by atoms with Gasteiger partial charge in [0.2, 0.25) is 5.91 Å². The van der Waals surface area contributed by atoms with E-state index in [1.165, 1.54) is 11.3 Å². The normalized spacial score (nSPS) is 13.5. The number of ether oxygens (including phenoxy) is 1. The molecule has 0 bridgehead atoms. The zero-order chi connectivity index (χ0) is 17.8. The Morgan fingerprint density at radius 3 is 2.72 bits per heavy atom. The average Bonchev–Trinajstić information content (AvgIpc) is 3.37. The van der Waals surface area contributed by atoms with E-state index in [4.69, 9.17) is 4.74 Å². The van der Waals surface area contributed by atoms with Crippen molar-refractivity contribution in [2.45, 2.75) is 32.9 Å². The minimum absolute atomic E-state index is 0.0585. The summed E-state index contributed by atoms with van der Waals surface area (Å²) >= 11 is 1.32. The van der Waals surface area contributed by atoms with E-state index in [9.17, 15) is 9.59 Å². The van der Waals surface area contributed by atoms with E-state index in [0.717, 1.165) is 34.5 Å². The van der Waals surface area contributed by atoms with Gasteiger partial charge in [-0.3, -0.25) is 9.59 Å². The fourth-order valence-electron chi connectivity index (χ4n) is 2.60. The summed E-state index contributed by atoms with van der Waals surface area (Å²) in [7, 11) is 1.66. The van der Waals surface area contributed by atoms with Crippen molar-refractivity contribution in [1.82, 2.24) is 5.32 Å². The van der Waals surface area contributed by atoms with Crippen LogP contribution in [-0.4, -0.2) is 18.9 Å². The smallest absolute Gasteiger partial charge is 0.261 e. The van der Waals surface area contributed by atoms with E-state index in [1.54, 1.807) is 7.11 Å². The molecule has 25 heavy (non-hydrogen) atoms. The molecule has 3 rings (SSSR count). The lowest BCUT2D eigenvalue weighted by atomic mass is 10.1. The Hall–Kier alpha value is -2.18. The average molecular weight is 358 g/mol. The van der Waals surface area contributed by atoms with Crippen molar-refractivity contribution in [3.63, 3.8) is 0 Å². The highest BCUT2D eigenvalue weighted by molar-refractivity contribution is 7.18. The Morgan fingerprint density at radius 1 is 1.24 bits per heavy atom. The van der Waals surface area contributed by atoms with Gasteiger partial charge in [0.25, 0.3) is 5.91 Å². The summed E-state index contributed by atoms with van der Waals surface area (Å²) < 4.78 is 5.13. The van der Waals surface area contributed by atoms with Crippen molar-refractivity contribution in [3.8, 4) is 0 Å². The van der Waals surface area contributed by atoms with Crippen LogP contribution in [-0.2, 0) is 22.7 Å². The topological polar surface area (TPSA) is 67.4 Å². The van der Waals surface area contributed by atoms with Crippen LogP contribution in [0.25, 0.3) is 0 Å². The van der Waals surface area contributed by atoms with Gasteiger partial charge in [-0.15, -0.1) is 11.3 Å². The first-order valence-electron chi connectivity index (χ1n) is 8.33. The number of thiophene rings is 1. The number of methoxy groups -OCH3 is 1. The zero-order valence-corrected chi connectivity index (χ0v) is 15.2. The standard InChI is InChI=1S/C19H22N2O3S/c1-12-8-16(21-18(22)15-6-7-15)25-17(12)19(23)20-10-13-4-3-5-14(9-13)11-24-2/h3-5,8-9,15H,6-7,10-11H2,1-2H3,(H,20,23)(H,21,22). The highest BCUT2D eigenvalue weighted by Crippen LogP contribution is 2.32. The lowest BCUT2D eigenvalue weighted by molar-refractivity contribution is -0.117. The van der Waals surface area contributed by atoms with Gasteiger partial charge in [-0.05, 0) is 42.5 Å². The number of aryl methyl sites for hydroxylation is 1. The summed E-state index contributed by atoms with van der Waals surface area (Å²) in [5.74, 6) is 0.0915. The molecule has 0 atom stereocenters. The SMILES string of the molecule is COCc1cccc(CNC(=O)c2sc(NC(=O)C3CC3)cc2C)c1. The Balaban J connectivity index is 1.60.